The Morgan fingerprint density at radius 1 is 1.53 bits per heavy atom. The van der Waals surface area contributed by atoms with Gasteiger partial charge in [0.1, 0.15) is 11.0 Å². The molecule has 0 saturated heterocycles. The van der Waals surface area contributed by atoms with E-state index in [9.17, 15) is 9.90 Å². The van der Waals surface area contributed by atoms with E-state index >= 15 is 0 Å². The summed E-state index contributed by atoms with van der Waals surface area (Å²) in [4.78, 5) is 11.3. The smallest absolute Gasteiger partial charge is 0.337 e. The first-order chi connectivity index (χ1) is 9.20. The molecular weight excluding hydrogens is 242 g/mol. The fourth-order valence-corrected chi connectivity index (χ4v) is 2.60. The van der Waals surface area contributed by atoms with Crippen LogP contribution in [0.25, 0.3) is 11.0 Å². The third kappa shape index (κ3) is 2.20. The SMILES string of the molecule is CCC(CC1CC1)n1nnc2cccc(C(=O)O)c21. The summed E-state index contributed by atoms with van der Waals surface area (Å²) in [5, 5.41) is 17.6. The van der Waals surface area contributed by atoms with E-state index in [1.807, 2.05) is 10.7 Å². The summed E-state index contributed by atoms with van der Waals surface area (Å²) in [5.74, 6) is -0.142. The number of rotatable bonds is 5. The van der Waals surface area contributed by atoms with Crippen LogP contribution in [0.1, 0.15) is 49.0 Å². The van der Waals surface area contributed by atoms with Crippen LogP contribution in [0.4, 0.5) is 0 Å². The quantitative estimate of drug-likeness (QED) is 0.896. The van der Waals surface area contributed by atoms with Crippen molar-refractivity contribution in [1.82, 2.24) is 15.0 Å². The zero-order chi connectivity index (χ0) is 13.4. The lowest BCUT2D eigenvalue weighted by atomic mass is 10.1. The van der Waals surface area contributed by atoms with Gasteiger partial charge in [-0.3, -0.25) is 0 Å². The van der Waals surface area contributed by atoms with Gasteiger partial charge in [-0.25, -0.2) is 9.48 Å². The summed E-state index contributed by atoms with van der Waals surface area (Å²) in [6.45, 7) is 2.12. The van der Waals surface area contributed by atoms with Gasteiger partial charge in [-0.05, 0) is 30.9 Å². The van der Waals surface area contributed by atoms with Crippen molar-refractivity contribution in [3.8, 4) is 0 Å². The molecule has 100 valence electrons. The molecule has 5 heteroatoms. The van der Waals surface area contributed by atoms with Gasteiger partial charge in [0.15, 0.2) is 0 Å². The molecule has 0 bridgehead atoms. The van der Waals surface area contributed by atoms with Crippen molar-refractivity contribution in [2.75, 3.05) is 0 Å². The maximum absolute atomic E-state index is 11.3. The van der Waals surface area contributed by atoms with E-state index in [-0.39, 0.29) is 11.6 Å². The fraction of sp³-hybridized carbons (Fsp3) is 0.500. The maximum Gasteiger partial charge on any atom is 0.337 e. The number of carbonyl (C=O) groups is 1. The third-order valence-electron chi connectivity index (χ3n) is 3.84. The molecule has 1 atom stereocenters. The van der Waals surface area contributed by atoms with Crippen LogP contribution in [-0.2, 0) is 0 Å². The highest BCUT2D eigenvalue weighted by Crippen LogP contribution is 2.38. The molecule has 1 N–H and O–H groups in total. The Bertz CT molecular complexity index is 616. The summed E-state index contributed by atoms with van der Waals surface area (Å²) in [5.41, 5.74) is 1.60. The van der Waals surface area contributed by atoms with Gasteiger partial charge in [-0.1, -0.05) is 31.0 Å². The molecule has 3 rings (SSSR count). The molecule has 5 nitrogen and oxygen atoms in total. The van der Waals surface area contributed by atoms with Gasteiger partial charge in [-0.15, -0.1) is 5.10 Å². The fourth-order valence-electron chi connectivity index (χ4n) is 2.60. The number of aromatic carboxylic acids is 1. The molecule has 2 aromatic rings. The average Bonchev–Trinajstić information content (AvgIpc) is 3.13. The highest BCUT2D eigenvalue weighted by atomic mass is 16.4. The largest absolute Gasteiger partial charge is 0.478 e. The monoisotopic (exact) mass is 259 g/mol. The van der Waals surface area contributed by atoms with Gasteiger partial charge >= 0.3 is 5.97 Å². The van der Waals surface area contributed by atoms with Gasteiger partial charge in [0, 0.05) is 0 Å². The third-order valence-corrected chi connectivity index (χ3v) is 3.84. The zero-order valence-corrected chi connectivity index (χ0v) is 10.9. The molecule has 1 heterocycles. The summed E-state index contributed by atoms with van der Waals surface area (Å²) >= 11 is 0. The second kappa shape index (κ2) is 4.64. The molecule has 19 heavy (non-hydrogen) atoms. The molecule has 1 unspecified atom stereocenters. The highest BCUT2D eigenvalue weighted by molar-refractivity contribution is 6.00. The van der Waals surface area contributed by atoms with Crippen LogP contribution in [0.2, 0.25) is 0 Å². The Hall–Kier alpha value is -1.91. The first-order valence-corrected chi connectivity index (χ1v) is 6.78. The Balaban J connectivity index is 2.08. The van der Waals surface area contributed by atoms with Gasteiger partial charge < -0.3 is 5.11 Å². The number of para-hydroxylation sites is 1. The predicted molar refractivity (Wildman–Crippen MR) is 71.2 cm³/mol. The van der Waals surface area contributed by atoms with Crippen LogP contribution < -0.4 is 0 Å². The molecule has 0 radical (unpaired) electrons. The van der Waals surface area contributed by atoms with Crippen LogP contribution in [-0.4, -0.2) is 26.1 Å². The number of benzene rings is 1. The topological polar surface area (TPSA) is 68.0 Å². The predicted octanol–water partition coefficient (Wildman–Crippen LogP) is 2.88. The van der Waals surface area contributed by atoms with Crippen LogP contribution in [0.5, 0.6) is 0 Å². The normalized spacial score (nSPS) is 16.7. The van der Waals surface area contributed by atoms with Gasteiger partial charge in [0.2, 0.25) is 0 Å². The number of aromatic nitrogens is 3. The molecule has 1 aromatic carbocycles. The lowest BCUT2D eigenvalue weighted by Gasteiger charge is -2.16. The maximum atomic E-state index is 11.3. The molecule has 1 aromatic heterocycles. The average molecular weight is 259 g/mol. The van der Waals surface area contributed by atoms with Crippen molar-refractivity contribution < 1.29 is 9.90 Å². The summed E-state index contributed by atoms with van der Waals surface area (Å²) < 4.78 is 1.82. The van der Waals surface area contributed by atoms with E-state index < -0.39 is 5.97 Å². The van der Waals surface area contributed by atoms with Crippen molar-refractivity contribution in [2.45, 2.75) is 38.6 Å². The number of hydrogen-bond donors (Lipinski definition) is 1. The number of nitrogens with zero attached hydrogens (tertiary/aromatic N) is 3. The first-order valence-electron chi connectivity index (χ1n) is 6.78. The first kappa shape index (κ1) is 12.1. The Kier molecular flexibility index (Phi) is 2.97. The van der Waals surface area contributed by atoms with E-state index in [1.165, 1.54) is 12.8 Å². The second-order valence-corrected chi connectivity index (χ2v) is 5.25. The summed E-state index contributed by atoms with van der Waals surface area (Å²) in [6, 6.07) is 5.40. The highest BCUT2D eigenvalue weighted by Gasteiger charge is 2.27. The lowest BCUT2D eigenvalue weighted by molar-refractivity contribution is 0.0698. The summed E-state index contributed by atoms with van der Waals surface area (Å²) in [6.07, 6.45) is 4.59. The zero-order valence-electron chi connectivity index (χ0n) is 10.9. The lowest BCUT2D eigenvalue weighted by Crippen LogP contribution is -2.13. The van der Waals surface area contributed by atoms with Crippen molar-refractivity contribution in [2.24, 2.45) is 5.92 Å². The molecule has 1 aliphatic carbocycles. The van der Waals surface area contributed by atoms with Crippen molar-refractivity contribution in [3.05, 3.63) is 23.8 Å². The molecule has 0 aliphatic heterocycles. The van der Waals surface area contributed by atoms with Crippen LogP contribution in [0, 0.1) is 5.92 Å². The van der Waals surface area contributed by atoms with Crippen LogP contribution >= 0.6 is 0 Å². The number of hydrogen-bond acceptors (Lipinski definition) is 3. The van der Waals surface area contributed by atoms with E-state index in [0.717, 1.165) is 18.8 Å². The Labute approximate surface area is 111 Å². The molecule has 0 spiro atoms. The van der Waals surface area contributed by atoms with Crippen molar-refractivity contribution in [3.63, 3.8) is 0 Å². The number of carboxylic acid groups (broad SMARTS) is 1. The van der Waals surface area contributed by atoms with Gasteiger partial charge in [0.05, 0.1) is 11.6 Å². The molecule has 1 aliphatic rings. The van der Waals surface area contributed by atoms with Crippen LogP contribution in [0.3, 0.4) is 0 Å². The van der Waals surface area contributed by atoms with Crippen molar-refractivity contribution >= 4 is 17.0 Å². The summed E-state index contributed by atoms with van der Waals surface area (Å²) in [7, 11) is 0. The van der Waals surface area contributed by atoms with Crippen LogP contribution in [0.15, 0.2) is 18.2 Å². The molecule has 0 amide bonds. The second-order valence-electron chi connectivity index (χ2n) is 5.25. The molecule has 1 saturated carbocycles. The molecular formula is C14H17N3O2. The van der Waals surface area contributed by atoms with Gasteiger partial charge in [0.25, 0.3) is 0 Å². The number of fused-ring (bicyclic) bond motifs is 1. The van der Waals surface area contributed by atoms with Gasteiger partial charge in [-0.2, -0.15) is 0 Å². The number of carboxylic acids is 1. The minimum atomic E-state index is -0.921. The van der Waals surface area contributed by atoms with E-state index in [4.69, 9.17) is 0 Å². The van der Waals surface area contributed by atoms with E-state index in [2.05, 4.69) is 17.2 Å². The Morgan fingerprint density at radius 3 is 2.95 bits per heavy atom. The Morgan fingerprint density at radius 2 is 2.32 bits per heavy atom. The standard InChI is InChI=1S/C14H17N3O2/c1-2-10(8-9-6-7-9)17-13-11(14(18)19)4-3-5-12(13)15-16-17/h3-5,9-10H,2,6-8H2,1H3,(H,18,19). The van der Waals surface area contributed by atoms with E-state index in [0.29, 0.717) is 11.0 Å². The minimum Gasteiger partial charge on any atom is -0.478 e. The van der Waals surface area contributed by atoms with E-state index in [1.54, 1.807) is 12.1 Å². The van der Waals surface area contributed by atoms with Crippen molar-refractivity contribution in [1.29, 1.82) is 0 Å². The minimum absolute atomic E-state index is 0.248. The molecule has 1 fully saturated rings.